The molecule has 34 heavy (non-hydrogen) atoms. The Morgan fingerprint density at radius 3 is 2.68 bits per heavy atom. The molecule has 2 bridgehead atoms. The summed E-state index contributed by atoms with van der Waals surface area (Å²) in [5.74, 6) is 0.117. The van der Waals surface area contributed by atoms with E-state index in [0.717, 1.165) is 19.3 Å². The predicted molar refractivity (Wildman–Crippen MR) is 123 cm³/mol. The molecule has 2 N–H and O–H groups in total. The number of carbonyl (C=O) groups is 2. The maximum Gasteiger partial charge on any atom is 0.258 e. The number of aryl methyl sites for hydroxylation is 1. The van der Waals surface area contributed by atoms with E-state index in [9.17, 15) is 19.1 Å². The van der Waals surface area contributed by atoms with Crippen LogP contribution in [0.2, 0.25) is 5.02 Å². The van der Waals surface area contributed by atoms with Crippen LogP contribution in [-0.2, 0) is 15.2 Å². The number of ketones is 1. The average Bonchev–Trinajstić information content (AvgIpc) is 2.72. The Bertz CT molecular complexity index is 1160. The van der Waals surface area contributed by atoms with Gasteiger partial charge in [-0.1, -0.05) is 17.7 Å². The Kier molecular flexibility index (Phi) is 5.41. The van der Waals surface area contributed by atoms with Gasteiger partial charge in [-0.2, -0.15) is 0 Å². The fraction of sp³-hybridized carbons (Fsp3) is 0.462. The zero-order chi connectivity index (χ0) is 24.3. The lowest BCUT2D eigenvalue weighted by Crippen LogP contribution is -2.75. The van der Waals surface area contributed by atoms with E-state index >= 15 is 0 Å². The van der Waals surface area contributed by atoms with E-state index in [1.165, 1.54) is 6.07 Å². The van der Waals surface area contributed by atoms with Gasteiger partial charge in [0.15, 0.2) is 18.5 Å². The minimum Gasteiger partial charge on any atom is -0.484 e. The van der Waals surface area contributed by atoms with E-state index in [4.69, 9.17) is 21.1 Å². The van der Waals surface area contributed by atoms with Crippen LogP contribution in [0.25, 0.3) is 0 Å². The largest absolute Gasteiger partial charge is 0.484 e. The molecule has 0 spiro atoms. The van der Waals surface area contributed by atoms with Crippen molar-refractivity contribution in [1.29, 1.82) is 0 Å². The van der Waals surface area contributed by atoms with Crippen molar-refractivity contribution in [3.63, 3.8) is 0 Å². The second-order valence-corrected chi connectivity index (χ2v) is 10.9. The minimum absolute atomic E-state index is 0.0368. The SMILES string of the molecule is Cc1ccc(OCC(=O)NC23CC(CC(=O)[C@@H]4C[C@](C)(O)c5cc(Cl)ccc5O4)(C2)C3)cc1F. The summed E-state index contributed by atoms with van der Waals surface area (Å²) in [6.07, 6.45) is 2.00. The molecule has 6 rings (SSSR count). The third kappa shape index (κ3) is 4.16. The minimum atomic E-state index is -1.20. The molecule has 4 aliphatic rings. The first kappa shape index (κ1) is 23.1. The number of hydrogen-bond donors (Lipinski definition) is 2. The predicted octanol–water partition coefficient (Wildman–Crippen LogP) is 4.22. The van der Waals surface area contributed by atoms with Gasteiger partial charge in [0.2, 0.25) is 0 Å². The summed E-state index contributed by atoms with van der Waals surface area (Å²) >= 11 is 6.05. The van der Waals surface area contributed by atoms with Gasteiger partial charge in [0.05, 0.1) is 5.60 Å². The number of amides is 1. The average molecular weight is 488 g/mol. The molecule has 2 aromatic carbocycles. The van der Waals surface area contributed by atoms with Crippen molar-refractivity contribution in [2.45, 2.75) is 63.2 Å². The standard InChI is InChI=1S/C26H27ClFNO5/c1-15-3-5-17(8-19(15)28)33-11-23(31)29-26-12-25(13-26,14-26)9-20(30)22-10-24(2,32)18-7-16(27)4-6-21(18)34-22/h3-8,22,32H,9-14H2,1-2H3,(H,29,31)/t22-,24-,25?,26?/m0/s1. The number of aliphatic hydroxyl groups is 1. The summed E-state index contributed by atoms with van der Waals surface area (Å²) in [6, 6.07) is 9.53. The van der Waals surface area contributed by atoms with Crippen LogP contribution in [0.5, 0.6) is 11.5 Å². The van der Waals surface area contributed by atoms with Crippen LogP contribution in [0.4, 0.5) is 4.39 Å². The number of hydrogen-bond acceptors (Lipinski definition) is 5. The lowest BCUT2D eigenvalue weighted by atomic mass is 9.38. The highest BCUT2D eigenvalue weighted by Gasteiger charge is 2.68. The molecule has 3 fully saturated rings. The number of rotatable bonds is 7. The Balaban J connectivity index is 1.12. The topological polar surface area (TPSA) is 84.9 Å². The maximum absolute atomic E-state index is 13.6. The summed E-state index contributed by atoms with van der Waals surface area (Å²) in [5, 5.41) is 14.4. The van der Waals surface area contributed by atoms with Crippen LogP contribution in [0.3, 0.4) is 0 Å². The Morgan fingerprint density at radius 1 is 1.24 bits per heavy atom. The molecule has 0 unspecified atom stereocenters. The van der Waals surface area contributed by atoms with Crippen molar-refractivity contribution in [1.82, 2.24) is 5.32 Å². The van der Waals surface area contributed by atoms with Crippen molar-refractivity contribution < 1.29 is 28.6 Å². The third-order valence-corrected chi connectivity index (χ3v) is 7.58. The molecule has 8 heteroatoms. The zero-order valence-electron chi connectivity index (χ0n) is 19.1. The van der Waals surface area contributed by atoms with Gasteiger partial charge in [0, 0.05) is 35.0 Å². The van der Waals surface area contributed by atoms with Crippen LogP contribution in [0, 0.1) is 18.2 Å². The first-order valence-electron chi connectivity index (χ1n) is 11.4. The smallest absolute Gasteiger partial charge is 0.258 e. The molecule has 1 aliphatic heterocycles. The van der Waals surface area contributed by atoms with E-state index in [2.05, 4.69) is 5.32 Å². The van der Waals surface area contributed by atoms with Gasteiger partial charge in [-0.25, -0.2) is 4.39 Å². The Morgan fingerprint density at radius 2 is 1.97 bits per heavy atom. The van der Waals surface area contributed by atoms with Gasteiger partial charge in [-0.3, -0.25) is 9.59 Å². The summed E-state index contributed by atoms with van der Waals surface area (Å²) in [6.45, 7) is 3.14. The number of Topliss-reactive ketones (excluding diaryl/α,β-unsaturated/α-hetero) is 1. The molecule has 0 saturated heterocycles. The summed E-state index contributed by atoms with van der Waals surface area (Å²) in [4.78, 5) is 25.4. The maximum atomic E-state index is 13.6. The van der Waals surface area contributed by atoms with E-state index in [-0.39, 0.29) is 41.5 Å². The van der Waals surface area contributed by atoms with Crippen molar-refractivity contribution in [2.24, 2.45) is 5.41 Å². The molecular formula is C26H27ClFNO5. The highest BCUT2D eigenvalue weighted by molar-refractivity contribution is 6.30. The van der Waals surface area contributed by atoms with E-state index in [1.54, 1.807) is 44.2 Å². The molecule has 0 aromatic heterocycles. The molecule has 1 heterocycles. The number of carbonyl (C=O) groups excluding carboxylic acids is 2. The lowest BCUT2D eigenvalue weighted by Gasteiger charge is -2.70. The van der Waals surface area contributed by atoms with Gasteiger partial charge in [0.1, 0.15) is 17.3 Å². The molecule has 3 aliphatic carbocycles. The lowest BCUT2D eigenvalue weighted by molar-refractivity contribution is -0.176. The molecule has 180 valence electrons. The van der Waals surface area contributed by atoms with Gasteiger partial charge in [-0.05, 0) is 68.4 Å². The molecule has 2 aromatic rings. The zero-order valence-corrected chi connectivity index (χ0v) is 19.9. The Hall–Kier alpha value is -2.64. The number of fused-ring (bicyclic) bond motifs is 1. The van der Waals surface area contributed by atoms with Gasteiger partial charge >= 0.3 is 0 Å². The molecule has 3 saturated carbocycles. The second kappa shape index (κ2) is 7.95. The van der Waals surface area contributed by atoms with E-state index in [0.29, 0.717) is 34.1 Å². The van der Waals surface area contributed by atoms with Gasteiger partial charge in [0.25, 0.3) is 5.91 Å². The van der Waals surface area contributed by atoms with Gasteiger partial charge < -0.3 is 19.9 Å². The van der Waals surface area contributed by atoms with Crippen molar-refractivity contribution in [3.05, 3.63) is 58.4 Å². The van der Waals surface area contributed by atoms with Gasteiger partial charge in [-0.15, -0.1) is 0 Å². The monoisotopic (exact) mass is 487 g/mol. The Labute approximate surface area is 202 Å². The van der Waals surface area contributed by atoms with Crippen LogP contribution >= 0.6 is 11.6 Å². The van der Waals surface area contributed by atoms with E-state index < -0.39 is 11.7 Å². The van der Waals surface area contributed by atoms with Crippen LogP contribution in [0.1, 0.15) is 50.2 Å². The number of benzene rings is 2. The second-order valence-electron chi connectivity index (χ2n) is 10.4. The number of nitrogens with one attached hydrogen (secondary N) is 1. The summed E-state index contributed by atoms with van der Waals surface area (Å²) in [7, 11) is 0. The van der Waals surface area contributed by atoms with Crippen molar-refractivity contribution in [2.75, 3.05) is 6.61 Å². The van der Waals surface area contributed by atoms with Crippen molar-refractivity contribution in [3.8, 4) is 11.5 Å². The van der Waals surface area contributed by atoms with E-state index in [1.807, 2.05) is 0 Å². The summed E-state index contributed by atoms with van der Waals surface area (Å²) in [5.41, 5.74) is -0.510. The fourth-order valence-corrected chi connectivity index (χ4v) is 5.99. The van der Waals surface area contributed by atoms with Crippen LogP contribution in [0.15, 0.2) is 36.4 Å². The highest BCUT2D eigenvalue weighted by atomic mass is 35.5. The third-order valence-electron chi connectivity index (χ3n) is 7.34. The number of ether oxygens (including phenoxy) is 2. The molecule has 2 atom stereocenters. The quantitative estimate of drug-likeness (QED) is 0.610. The summed E-state index contributed by atoms with van der Waals surface area (Å²) < 4.78 is 24.9. The fourth-order valence-electron chi connectivity index (χ4n) is 5.82. The van der Waals surface area contributed by atoms with Crippen molar-refractivity contribution >= 4 is 23.3 Å². The van der Waals surface area contributed by atoms with Crippen LogP contribution < -0.4 is 14.8 Å². The molecular weight excluding hydrogens is 461 g/mol. The van der Waals surface area contributed by atoms with Crippen LogP contribution in [-0.4, -0.2) is 35.0 Å². The highest BCUT2D eigenvalue weighted by Crippen LogP contribution is 2.69. The normalized spacial score (nSPS) is 30.8. The first-order chi connectivity index (χ1) is 16.0. The molecule has 6 nitrogen and oxygen atoms in total. The number of halogens is 2. The molecule has 0 radical (unpaired) electrons. The first-order valence-corrected chi connectivity index (χ1v) is 11.8. The molecule has 1 amide bonds.